The van der Waals surface area contributed by atoms with Crippen LogP contribution in [0.1, 0.15) is 45.7 Å². The molecule has 1 N–H and O–H groups in total. The van der Waals surface area contributed by atoms with Crippen LogP contribution in [0.5, 0.6) is 0 Å². The molecule has 2 aromatic heterocycles. The van der Waals surface area contributed by atoms with Crippen molar-refractivity contribution in [3.8, 4) is 0 Å². The summed E-state index contributed by atoms with van der Waals surface area (Å²) in [4.78, 5) is 33.0. The second kappa shape index (κ2) is 11.5. The maximum atomic E-state index is 12.0. The third-order valence-electron chi connectivity index (χ3n) is 5.15. The average Bonchev–Trinajstić information content (AvgIpc) is 2.74. The van der Waals surface area contributed by atoms with Crippen molar-refractivity contribution in [3.63, 3.8) is 0 Å². The van der Waals surface area contributed by atoms with Gasteiger partial charge in [-0.05, 0) is 94.7 Å². The fourth-order valence-corrected chi connectivity index (χ4v) is 4.01. The second-order valence-corrected chi connectivity index (χ2v) is 9.80. The molecule has 2 heterocycles. The van der Waals surface area contributed by atoms with E-state index in [4.69, 9.17) is 14.2 Å². The van der Waals surface area contributed by atoms with Gasteiger partial charge in [0, 0.05) is 17.3 Å². The summed E-state index contributed by atoms with van der Waals surface area (Å²) in [5.74, 6) is 0.0621. The van der Waals surface area contributed by atoms with Gasteiger partial charge in [0.2, 0.25) is 0 Å². The number of amides is 1. The van der Waals surface area contributed by atoms with E-state index in [2.05, 4.69) is 26.8 Å². The van der Waals surface area contributed by atoms with Gasteiger partial charge in [0.05, 0.1) is 19.8 Å². The Labute approximate surface area is 198 Å². The van der Waals surface area contributed by atoms with E-state index >= 15 is 0 Å². The number of nitrogens with zero attached hydrogens (tertiary/aromatic N) is 2. The van der Waals surface area contributed by atoms with Crippen LogP contribution in [0.2, 0.25) is 0 Å². The van der Waals surface area contributed by atoms with E-state index in [0.717, 1.165) is 54.4 Å². The molecule has 0 radical (unpaired) electrons. The second-order valence-electron chi connectivity index (χ2n) is 8.95. The lowest BCUT2D eigenvalue weighted by atomic mass is 9.79. The number of aromatic nitrogens is 2. The maximum Gasteiger partial charge on any atom is 0.418 e. The molecule has 0 aliphatic heterocycles. The van der Waals surface area contributed by atoms with Gasteiger partial charge in [-0.25, -0.2) is 19.6 Å². The standard InChI is InChI=1S/C24H31N3O5S/c1-24(2,3)32-23(29)27-33-20(22(28)30-4)11-13-31-19-14-16(15-19)7-9-18-10-8-17-6-5-12-25-21(17)26-18/h5-6,8,10-12,16,19H,7,9,13-15H2,1-4H3,(H,27,29)/b20-11-. The van der Waals surface area contributed by atoms with Gasteiger partial charge >= 0.3 is 12.1 Å². The number of carbonyl (C=O) groups excluding carboxylic acids is 2. The van der Waals surface area contributed by atoms with Gasteiger partial charge in [0.1, 0.15) is 10.5 Å². The lowest BCUT2D eigenvalue weighted by molar-refractivity contribution is -0.135. The number of esters is 1. The lowest BCUT2D eigenvalue weighted by Gasteiger charge is -2.35. The van der Waals surface area contributed by atoms with Gasteiger partial charge in [-0.1, -0.05) is 0 Å². The van der Waals surface area contributed by atoms with E-state index in [1.54, 1.807) is 33.0 Å². The van der Waals surface area contributed by atoms with E-state index in [1.807, 2.05) is 12.1 Å². The number of hydrogen-bond donors (Lipinski definition) is 1. The van der Waals surface area contributed by atoms with Crippen molar-refractivity contribution in [2.24, 2.45) is 5.92 Å². The Morgan fingerprint density at radius 1 is 1.24 bits per heavy atom. The summed E-state index contributed by atoms with van der Waals surface area (Å²) < 4.78 is 18.3. The smallest absolute Gasteiger partial charge is 0.418 e. The number of carbonyl (C=O) groups is 2. The third-order valence-corrected chi connectivity index (χ3v) is 5.98. The predicted octanol–water partition coefficient (Wildman–Crippen LogP) is 4.59. The molecule has 3 rings (SSSR count). The normalized spacial score (nSPS) is 18.5. The van der Waals surface area contributed by atoms with Crippen LogP contribution in [0.15, 0.2) is 41.4 Å². The highest BCUT2D eigenvalue weighted by Gasteiger charge is 2.29. The average molecular weight is 474 g/mol. The van der Waals surface area contributed by atoms with Crippen molar-refractivity contribution >= 4 is 35.0 Å². The van der Waals surface area contributed by atoms with Crippen molar-refractivity contribution in [2.75, 3.05) is 13.7 Å². The predicted molar refractivity (Wildman–Crippen MR) is 127 cm³/mol. The zero-order chi connectivity index (χ0) is 23.8. The zero-order valence-electron chi connectivity index (χ0n) is 19.5. The topological polar surface area (TPSA) is 99.6 Å². The van der Waals surface area contributed by atoms with Crippen LogP contribution in [-0.2, 0) is 25.4 Å². The van der Waals surface area contributed by atoms with E-state index in [0.29, 0.717) is 5.92 Å². The van der Waals surface area contributed by atoms with Gasteiger partial charge < -0.3 is 14.2 Å². The molecular formula is C24H31N3O5S. The number of ether oxygens (including phenoxy) is 3. The van der Waals surface area contributed by atoms with Crippen LogP contribution < -0.4 is 4.72 Å². The third kappa shape index (κ3) is 8.01. The number of aryl methyl sites for hydroxylation is 1. The van der Waals surface area contributed by atoms with Gasteiger partial charge in [-0.3, -0.25) is 4.72 Å². The summed E-state index contributed by atoms with van der Waals surface area (Å²) in [5, 5.41) is 1.05. The van der Waals surface area contributed by atoms with Crippen LogP contribution in [0.4, 0.5) is 4.79 Å². The fraction of sp³-hybridized carbons (Fsp3) is 0.500. The summed E-state index contributed by atoms with van der Waals surface area (Å²) in [7, 11) is 1.29. The van der Waals surface area contributed by atoms with Crippen LogP contribution in [0, 0.1) is 5.92 Å². The molecule has 1 saturated carbocycles. The summed E-state index contributed by atoms with van der Waals surface area (Å²) in [6.07, 6.45) is 6.87. The van der Waals surface area contributed by atoms with Crippen LogP contribution in [-0.4, -0.2) is 47.5 Å². The van der Waals surface area contributed by atoms with Crippen LogP contribution in [0.25, 0.3) is 11.0 Å². The molecule has 1 fully saturated rings. The number of rotatable bonds is 9. The molecular weight excluding hydrogens is 442 g/mol. The number of hydrogen-bond acceptors (Lipinski definition) is 8. The molecule has 178 valence electrons. The minimum atomic E-state index is -0.623. The van der Waals surface area contributed by atoms with Gasteiger partial charge in [0.15, 0.2) is 5.65 Å². The molecule has 33 heavy (non-hydrogen) atoms. The number of methoxy groups -OCH3 is 1. The lowest BCUT2D eigenvalue weighted by Crippen LogP contribution is -2.32. The summed E-state index contributed by atoms with van der Waals surface area (Å²) in [6, 6.07) is 8.06. The van der Waals surface area contributed by atoms with E-state index in [1.165, 1.54) is 7.11 Å². The Hall–Kier alpha value is -2.65. The Bertz CT molecular complexity index is 999. The molecule has 0 atom stereocenters. The molecule has 9 heteroatoms. The van der Waals surface area contributed by atoms with Crippen LogP contribution >= 0.6 is 11.9 Å². The first-order valence-electron chi connectivity index (χ1n) is 11.0. The first-order valence-corrected chi connectivity index (χ1v) is 11.8. The molecule has 1 aliphatic carbocycles. The van der Waals surface area contributed by atoms with Crippen molar-refractivity contribution < 1.29 is 23.8 Å². The monoisotopic (exact) mass is 473 g/mol. The SMILES string of the molecule is COC(=O)/C(=C/COC1CC(CCc2ccc3cccnc3n2)C1)SNC(=O)OC(C)(C)C. The molecule has 0 saturated heterocycles. The first kappa shape index (κ1) is 25.0. The molecule has 0 unspecified atom stereocenters. The number of nitrogens with one attached hydrogen (secondary N) is 1. The van der Waals surface area contributed by atoms with Gasteiger partial charge in [0.25, 0.3) is 0 Å². The molecule has 1 aliphatic rings. The molecule has 0 aromatic carbocycles. The van der Waals surface area contributed by atoms with Crippen molar-refractivity contribution in [3.05, 3.63) is 47.1 Å². The molecule has 1 amide bonds. The van der Waals surface area contributed by atoms with E-state index in [-0.39, 0.29) is 17.6 Å². The fourth-order valence-electron chi connectivity index (χ4n) is 3.45. The summed E-state index contributed by atoms with van der Waals surface area (Å²) in [6.45, 7) is 5.57. The largest absolute Gasteiger partial charge is 0.465 e. The van der Waals surface area contributed by atoms with Crippen molar-refractivity contribution in [1.82, 2.24) is 14.7 Å². The number of fused-ring (bicyclic) bond motifs is 1. The molecule has 2 aromatic rings. The van der Waals surface area contributed by atoms with E-state index < -0.39 is 17.7 Å². The Balaban J connectivity index is 1.38. The Kier molecular flexibility index (Phi) is 8.68. The molecule has 0 bridgehead atoms. The minimum absolute atomic E-state index is 0.167. The highest BCUT2D eigenvalue weighted by Crippen LogP contribution is 2.33. The Morgan fingerprint density at radius 2 is 2.03 bits per heavy atom. The molecule has 8 nitrogen and oxygen atoms in total. The van der Waals surface area contributed by atoms with Crippen LogP contribution in [0.3, 0.4) is 0 Å². The van der Waals surface area contributed by atoms with Crippen molar-refractivity contribution in [2.45, 2.75) is 58.2 Å². The van der Waals surface area contributed by atoms with E-state index in [9.17, 15) is 9.59 Å². The quantitative estimate of drug-likeness (QED) is 0.321. The number of pyridine rings is 2. The summed E-state index contributed by atoms with van der Waals surface area (Å²) in [5.41, 5.74) is 1.23. The highest BCUT2D eigenvalue weighted by atomic mass is 32.2. The van der Waals surface area contributed by atoms with Gasteiger partial charge in [-0.15, -0.1) is 0 Å². The first-order chi connectivity index (χ1) is 15.7. The molecule has 0 spiro atoms. The maximum absolute atomic E-state index is 12.0. The minimum Gasteiger partial charge on any atom is -0.465 e. The highest BCUT2D eigenvalue weighted by molar-refractivity contribution is 8.02. The Morgan fingerprint density at radius 3 is 2.76 bits per heavy atom. The summed E-state index contributed by atoms with van der Waals surface area (Å²) >= 11 is 0.857. The van der Waals surface area contributed by atoms with Gasteiger partial charge in [-0.2, -0.15) is 0 Å². The van der Waals surface area contributed by atoms with Crippen molar-refractivity contribution in [1.29, 1.82) is 0 Å². The zero-order valence-corrected chi connectivity index (χ0v) is 20.3.